The largest absolute Gasteiger partial charge is 0.497 e. The lowest BCUT2D eigenvalue weighted by molar-refractivity contribution is -0.140. The fourth-order valence-corrected chi connectivity index (χ4v) is 6.51. The van der Waals surface area contributed by atoms with Gasteiger partial charge in [0.2, 0.25) is 11.8 Å². The van der Waals surface area contributed by atoms with E-state index in [2.05, 4.69) is 5.32 Å². The number of nitrogens with zero attached hydrogens (tertiary/aromatic N) is 2. The third kappa shape index (κ3) is 8.66. The van der Waals surface area contributed by atoms with Crippen molar-refractivity contribution in [3.8, 4) is 11.5 Å². The molecule has 0 aliphatic carbocycles. The summed E-state index contributed by atoms with van der Waals surface area (Å²) in [6.07, 6.45) is 0.942. The molecule has 9 nitrogen and oxygen atoms in total. The third-order valence-electron chi connectivity index (χ3n) is 7.35. The number of ether oxygens (including phenoxy) is 2. The first-order valence-electron chi connectivity index (χ1n) is 15.3. The minimum atomic E-state index is -4.24. The SMILES string of the molecule is CCCNC(=O)[C@@H](Cc1ccccc1)N(Cc1cccc(OC)c1)C(=O)CN(c1ccccc1OCC)S(=O)(=O)c1ccccc1. The molecule has 0 heterocycles. The molecule has 0 fully saturated rings. The standard InChI is InChI=1S/C36H41N3O6S/c1-4-23-37-36(41)33(25-28-15-8-6-9-16-28)38(26-29-17-14-18-30(24-29)44-3)35(40)27-39(32-21-12-13-22-34(32)45-5-2)46(42,43)31-19-10-7-11-20-31/h6-22,24,33H,4-5,23,25-27H2,1-3H3,(H,37,41)/t33-/m1/s1. The number of sulfonamides is 1. The van der Waals surface area contributed by atoms with E-state index < -0.39 is 28.5 Å². The van der Waals surface area contributed by atoms with Gasteiger partial charge >= 0.3 is 0 Å². The molecule has 0 unspecified atom stereocenters. The van der Waals surface area contributed by atoms with Crippen molar-refractivity contribution in [1.29, 1.82) is 0 Å². The summed E-state index contributed by atoms with van der Waals surface area (Å²) in [5, 5.41) is 2.95. The van der Waals surface area contributed by atoms with Crippen molar-refractivity contribution in [2.45, 2.75) is 44.2 Å². The summed E-state index contributed by atoms with van der Waals surface area (Å²) in [4.78, 5) is 29.9. The average Bonchev–Trinajstić information content (AvgIpc) is 3.09. The van der Waals surface area contributed by atoms with Crippen LogP contribution in [0.3, 0.4) is 0 Å². The molecule has 242 valence electrons. The highest BCUT2D eigenvalue weighted by atomic mass is 32.2. The number of carbonyl (C=O) groups excluding carboxylic acids is 2. The highest BCUT2D eigenvalue weighted by molar-refractivity contribution is 7.92. The molecule has 46 heavy (non-hydrogen) atoms. The summed E-state index contributed by atoms with van der Waals surface area (Å²) < 4.78 is 40.8. The normalized spacial score (nSPS) is 11.7. The average molecular weight is 644 g/mol. The Morgan fingerprint density at radius 2 is 1.48 bits per heavy atom. The molecule has 0 aromatic heterocycles. The Kier molecular flexibility index (Phi) is 12.2. The predicted octanol–water partition coefficient (Wildman–Crippen LogP) is 5.46. The van der Waals surface area contributed by atoms with Gasteiger partial charge in [-0.25, -0.2) is 8.42 Å². The smallest absolute Gasteiger partial charge is 0.264 e. The maximum absolute atomic E-state index is 14.6. The van der Waals surface area contributed by atoms with Gasteiger partial charge in [-0.1, -0.05) is 79.7 Å². The van der Waals surface area contributed by atoms with E-state index in [1.165, 1.54) is 17.0 Å². The number of anilines is 1. The van der Waals surface area contributed by atoms with Crippen LogP contribution in [0, 0.1) is 0 Å². The minimum Gasteiger partial charge on any atom is -0.497 e. The molecule has 0 aliphatic heterocycles. The summed E-state index contributed by atoms with van der Waals surface area (Å²) in [7, 11) is -2.68. The maximum Gasteiger partial charge on any atom is 0.264 e. The van der Waals surface area contributed by atoms with E-state index >= 15 is 0 Å². The zero-order valence-corrected chi connectivity index (χ0v) is 27.3. The molecule has 4 aromatic rings. The van der Waals surface area contributed by atoms with Crippen molar-refractivity contribution in [1.82, 2.24) is 10.2 Å². The second kappa shape index (κ2) is 16.5. The molecular formula is C36H41N3O6S. The van der Waals surface area contributed by atoms with Crippen LogP contribution in [-0.4, -0.2) is 58.0 Å². The predicted molar refractivity (Wildman–Crippen MR) is 179 cm³/mol. The number of benzene rings is 4. The second-order valence-corrected chi connectivity index (χ2v) is 12.5. The third-order valence-corrected chi connectivity index (χ3v) is 9.13. The van der Waals surface area contributed by atoms with Gasteiger partial charge in [0.1, 0.15) is 24.1 Å². The molecule has 0 bridgehead atoms. The summed E-state index contributed by atoms with van der Waals surface area (Å²) in [5.74, 6) is 0.0346. The molecule has 4 rings (SSSR count). The fourth-order valence-electron chi connectivity index (χ4n) is 5.06. The topological polar surface area (TPSA) is 105 Å². The molecule has 10 heteroatoms. The Morgan fingerprint density at radius 1 is 0.826 bits per heavy atom. The number of methoxy groups -OCH3 is 1. The summed E-state index contributed by atoms with van der Waals surface area (Å²) in [6.45, 7) is 3.95. The number of para-hydroxylation sites is 2. The highest BCUT2D eigenvalue weighted by Crippen LogP contribution is 2.33. The van der Waals surface area contributed by atoms with Crippen molar-refractivity contribution in [3.63, 3.8) is 0 Å². The Balaban J connectivity index is 1.83. The summed E-state index contributed by atoms with van der Waals surface area (Å²) in [6, 6.07) is 30.4. The van der Waals surface area contributed by atoms with E-state index in [1.54, 1.807) is 68.6 Å². The van der Waals surface area contributed by atoms with Gasteiger partial charge in [0.15, 0.2) is 0 Å². The number of nitrogens with one attached hydrogen (secondary N) is 1. The van der Waals surface area contributed by atoms with Gasteiger partial charge in [0.05, 0.1) is 24.3 Å². The van der Waals surface area contributed by atoms with Crippen LogP contribution >= 0.6 is 0 Å². The van der Waals surface area contributed by atoms with Crippen LogP contribution in [0.25, 0.3) is 0 Å². The van der Waals surface area contributed by atoms with Crippen molar-refractivity contribution < 1.29 is 27.5 Å². The minimum absolute atomic E-state index is 0.0231. The van der Waals surface area contributed by atoms with Crippen LogP contribution in [-0.2, 0) is 32.6 Å². The van der Waals surface area contributed by atoms with E-state index in [1.807, 2.05) is 49.4 Å². The Labute approximate surface area is 271 Å². The maximum atomic E-state index is 14.6. The van der Waals surface area contributed by atoms with Crippen LogP contribution in [0.1, 0.15) is 31.4 Å². The molecule has 1 N–H and O–H groups in total. The Bertz CT molecular complexity index is 1680. The molecule has 0 radical (unpaired) electrons. The van der Waals surface area contributed by atoms with Crippen LogP contribution in [0.4, 0.5) is 5.69 Å². The van der Waals surface area contributed by atoms with Crippen LogP contribution in [0.15, 0.2) is 114 Å². The van der Waals surface area contributed by atoms with Gasteiger partial charge in [-0.2, -0.15) is 0 Å². The Morgan fingerprint density at radius 3 is 2.15 bits per heavy atom. The number of amides is 2. The molecule has 0 aliphatic rings. The zero-order valence-electron chi connectivity index (χ0n) is 26.5. The molecule has 4 aromatic carbocycles. The Hall–Kier alpha value is -4.83. The van der Waals surface area contributed by atoms with Gasteiger partial charge in [-0.3, -0.25) is 13.9 Å². The van der Waals surface area contributed by atoms with Gasteiger partial charge in [-0.15, -0.1) is 0 Å². The monoisotopic (exact) mass is 643 g/mol. The van der Waals surface area contributed by atoms with Crippen molar-refractivity contribution >= 4 is 27.5 Å². The molecule has 0 saturated carbocycles. The van der Waals surface area contributed by atoms with E-state index in [9.17, 15) is 18.0 Å². The second-order valence-electron chi connectivity index (χ2n) is 10.6. The molecule has 0 saturated heterocycles. The van der Waals surface area contributed by atoms with Gasteiger partial charge in [0, 0.05) is 19.5 Å². The van der Waals surface area contributed by atoms with Crippen molar-refractivity contribution in [2.75, 3.05) is 31.1 Å². The highest BCUT2D eigenvalue weighted by Gasteiger charge is 2.35. The van der Waals surface area contributed by atoms with Crippen molar-refractivity contribution in [2.24, 2.45) is 0 Å². The number of rotatable bonds is 16. The molecule has 2 amide bonds. The summed E-state index contributed by atoms with van der Waals surface area (Å²) in [5.41, 5.74) is 1.80. The van der Waals surface area contributed by atoms with E-state index in [4.69, 9.17) is 9.47 Å². The first-order valence-corrected chi connectivity index (χ1v) is 16.8. The van der Waals surface area contributed by atoms with Gasteiger partial charge in [0.25, 0.3) is 10.0 Å². The lowest BCUT2D eigenvalue weighted by Gasteiger charge is -2.34. The van der Waals surface area contributed by atoms with E-state index in [0.717, 1.165) is 15.4 Å². The zero-order chi connectivity index (χ0) is 32.9. The van der Waals surface area contributed by atoms with E-state index in [0.29, 0.717) is 31.1 Å². The number of carbonyl (C=O) groups is 2. The molecule has 0 spiro atoms. The molecule has 1 atom stereocenters. The van der Waals surface area contributed by atoms with Gasteiger partial charge < -0.3 is 19.7 Å². The van der Waals surface area contributed by atoms with E-state index in [-0.39, 0.29) is 29.5 Å². The lowest BCUT2D eigenvalue weighted by Crippen LogP contribution is -2.53. The molecular weight excluding hydrogens is 602 g/mol. The van der Waals surface area contributed by atoms with Crippen LogP contribution < -0.4 is 19.1 Å². The first kappa shape index (κ1) is 34.1. The lowest BCUT2D eigenvalue weighted by atomic mass is 10.0. The van der Waals surface area contributed by atoms with Crippen LogP contribution in [0.2, 0.25) is 0 Å². The number of hydrogen-bond donors (Lipinski definition) is 1. The number of hydrogen-bond acceptors (Lipinski definition) is 6. The first-order chi connectivity index (χ1) is 22.3. The summed E-state index contributed by atoms with van der Waals surface area (Å²) >= 11 is 0. The fraction of sp³-hybridized carbons (Fsp3) is 0.278. The van der Waals surface area contributed by atoms with Crippen LogP contribution in [0.5, 0.6) is 11.5 Å². The quantitative estimate of drug-likeness (QED) is 0.174. The van der Waals surface area contributed by atoms with Crippen molar-refractivity contribution in [3.05, 3.63) is 120 Å². The van der Waals surface area contributed by atoms with Gasteiger partial charge in [-0.05, 0) is 60.9 Å².